The lowest BCUT2D eigenvalue weighted by molar-refractivity contribution is 0.347. The number of hydrogen-bond acceptors (Lipinski definition) is 4. The van der Waals surface area contributed by atoms with Gasteiger partial charge in [-0.3, -0.25) is 5.41 Å². The Kier molecular flexibility index (Phi) is 4.49. The van der Waals surface area contributed by atoms with Crippen molar-refractivity contribution in [1.29, 1.82) is 5.41 Å². The first kappa shape index (κ1) is 16.8. The van der Waals surface area contributed by atoms with E-state index in [4.69, 9.17) is 17.0 Å². The summed E-state index contributed by atoms with van der Waals surface area (Å²) >= 11 is 7.37. The lowest BCUT2D eigenvalue weighted by Gasteiger charge is -2.18. The molecule has 2 heterocycles. The summed E-state index contributed by atoms with van der Waals surface area (Å²) in [6.45, 7) is 0.918. The number of benzene rings is 2. The van der Waals surface area contributed by atoms with Crippen LogP contribution in [0.3, 0.4) is 0 Å². The summed E-state index contributed by atoms with van der Waals surface area (Å²) in [5.41, 5.74) is 3.40. The van der Waals surface area contributed by atoms with Crippen molar-refractivity contribution >= 4 is 34.3 Å². The van der Waals surface area contributed by atoms with E-state index in [0.29, 0.717) is 34.5 Å². The van der Waals surface area contributed by atoms with Gasteiger partial charge in [0.2, 0.25) is 0 Å². The molecule has 2 N–H and O–H groups in total. The van der Waals surface area contributed by atoms with Crippen LogP contribution in [0, 0.1) is 5.41 Å². The number of nitrogens with one attached hydrogen (secondary N) is 1. The number of nitrogens with zero attached hydrogens (tertiary/aromatic N) is 2. The summed E-state index contributed by atoms with van der Waals surface area (Å²) in [7, 11) is 0. The van der Waals surface area contributed by atoms with E-state index in [1.807, 2.05) is 64.9 Å². The molecule has 0 aliphatic carbocycles. The van der Waals surface area contributed by atoms with Gasteiger partial charge in [-0.15, -0.1) is 11.3 Å². The fraction of sp³-hybridized carbons (Fsp3) is 0.100. The Morgan fingerprint density at radius 2 is 1.85 bits per heavy atom. The zero-order valence-corrected chi connectivity index (χ0v) is 15.4. The second-order valence-electron chi connectivity index (χ2n) is 6.06. The van der Waals surface area contributed by atoms with Gasteiger partial charge in [0.25, 0.3) is 0 Å². The molecule has 0 saturated carbocycles. The van der Waals surface area contributed by atoms with Crippen molar-refractivity contribution in [3.05, 3.63) is 81.3 Å². The molecule has 4 rings (SSSR count). The highest BCUT2D eigenvalue weighted by atomic mass is 35.5. The molecule has 0 radical (unpaired) electrons. The third kappa shape index (κ3) is 3.23. The average molecular weight is 382 g/mol. The quantitative estimate of drug-likeness (QED) is 0.650. The molecule has 1 aliphatic heterocycles. The highest BCUT2D eigenvalue weighted by Crippen LogP contribution is 2.33. The molecule has 0 amide bonds. The van der Waals surface area contributed by atoms with E-state index in [0.717, 1.165) is 16.8 Å². The predicted molar refractivity (Wildman–Crippen MR) is 107 cm³/mol. The molecule has 0 fully saturated rings. The Hall–Kier alpha value is -2.63. The summed E-state index contributed by atoms with van der Waals surface area (Å²) < 4.78 is 0. The van der Waals surface area contributed by atoms with Crippen molar-refractivity contribution < 1.29 is 5.11 Å². The van der Waals surface area contributed by atoms with Gasteiger partial charge in [0.1, 0.15) is 16.6 Å². The molecule has 0 bridgehead atoms. The molecule has 0 spiro atoms. The molecule has 130 valence electrons. The van der Waals surface area contributed by atoms with E-state index >= 15 is 0 Å². The Labute approximate surface area is 160 Å². The number of thiazole rings is 1. The molecule has 2 aromatic carbocycles. The number of aromatic nitrogens is 1. The van der Waals surface area contributed by atoms with E-state index in [1.54, 1.807) is 0 Å². The van der Waals surface area contributed by atoms with Crippen LogP contribution in [0.1, 0.15) is 10.6 Å². The number of hydrogen-bond donors (Lipinski definition) is 2. The van der Waals surface area contributed by atoms with Crippen molar-refractivity contribution in [1.82, 2.24) is 9.88 Å². The van der Waals surface area contributed by atoms with Gasteiger partial charge in [0.15, 0.2) is 0 Å². The largest absolute Gasteiger partial charge is 0.510 e. The molecule has 0 atom stereocenters. The Balaban J connectivity index is 1.57. The van der Waals surface area contributed by atoms with Crippen molar-refractivity contribution in [3.8, 4) is 11.3 Å². The summed E-state index contributed by atoms with van der Waals surface area (Å²) in [4.78, 5) is 6.48. The zero-order valence-electron chi connectivity index (χ0n) is 13.8. The van der Waals surface area contributed by atoms with E-state index in [9.17, 15) is 5.11 Å². The molecule has 4 nitrogen and oxygen atoms in total. The third-order valence-electron chi connectivity index (χ3n) is 4.26. The minimum absolute atomic E-state index is 0.197. The van der Waals surface area contributed by atoms with Crippen molar-refractivity contribution in [2.45, 2.75) is 6.54 Å². The van der Waals surface area contributed by atoms with Crippen LogP contribution in [0.15, 0.2) is 65.7 Å². The number of aliphatic hydroxyl groups is 1. The Bertz CT molecular complexity index is 980. The number of amidine groups is 1. The summed E-state index contributed by atoms with van der Waals surface area (Å²) in [6.07, 6.45) is 0. The third-order valence-corrected chi connectivity index (χ3v) is 5.37. The first-order chi connectivity index (χ1) is 12.6. The van der Waals surface area contributed by atoms with Crippen LogP contribution >= 0.6 is 22.9 Å². The molecule has 0 saturated heterocycles. The van der Waals surface area contributed by atoms with Gasteiger partial charge in [-0.05, 0) is 17.7 Å². The van der Waals surface area contributed by atoms with Gasteiger partial charge in [0.05, 0.1) is 17.8 Å². The van der Waals surface area contributed by atoms with Crippen LogP contribution < -0.4 is 0 Å². The van der Waals surface area contributed by atoms with E-state index in [1.165, 1.54) is 11.3 Å². The van der Waals surface area contributed by atoms with Crippen LogP contribution in [0.5, 0.6) is 0 Å². The molecule has 3 aromatic rings. The highest BCUT2D eigenvalue weighted by molar-refractivity contribution is 7.11. The van der Waals surface area contributed by atoms with E-state index in [2.05, 4.69) is 4.98 Å². The van der Waals surface area contributed by atoms with Gasteiger partial charge >= 0.3 is 0 Å². The normalized spacial score (nSPS) is 14.3. The van der Waals surface area contributed by atoms with Crippen LogP contribution in [-0.2, 0) is 6.54 Å². The van der Waals surface area contributed by atoms with Crippen LogP contribution in [0.25, 0.3) is 16.8 Å². The van der Waals surface area contributed by atoms with Gasteiger partial charge in [-0.25, -0.2) is 4.98 Å². The van der Waals surface area contributed by atoms with Gasteiger partial charge in [-0.1, -0.05) is 54.1 Å². The second kappa shape index (κ2) is 6.94. The minimum atomic E-state index is 0.197. The molecule has 0 unspecified atom stereocenters. The fourth-order valence-electron chi connectivity index (χ4n) is 2.94. The molecule has 1 aromatic heterocycles. The Morgan fingerprint density at radius 3 is 2.58 bits per heavy atom. The lowest BCUT2D eigenvalue weighted by Crippen LogP contribution is -2.25. The van der Waals surface area contributed by atoms with Crippen LogP contribution in [0.2, 0.25) is 5.02 Å². The SMILES string of the molecule is N=C1C(c2nc(-c3ccc(Cl)cc3)cs2)=C(O)CN1Cc1ccccc1. The molecule has 26 heavy (non-hydrogen) atoms. The van der Waals surface area contributed by atoms with Gasteiger partial charge in [-0.2, -0.15) is 0 Å². The van der Waals surface area contributed by atoms with Crippen LogP contribution in [-0.4, -0.2) is 27.4 Å². The fourth-order valence-corrected chi connectivity index (χ4v) is 3.96. The standard InChI is InChI=1S/C20H16ClN3OS/c21-15-8-6-14(7-9-15)16-12-26-20(23-16)18-17(25)11-24(19(18)22)10-13-4-2-1-3-5-13/h1-9,12,22,25H,10-11H2. The van der Waals surface area contributed by atoms with Crippen molar-refractivity contribution in [3.63, 3.8) is 0 Å². The molecular weight excluding hydrogens is 366 g/mol. The van der Waals surface area contributed by atoms with E-state index in [-0.39, 0.29) is 5.76 Å². The van der Waals surface area contributed by atoms with Crippen molar-refractivity contribution in [2.75, 3.05) is 6.54 Å². The second-order valence-corrected chi connectivity index (χ2v) is 7.35. The maximum atomic E-state index is 10.4. The number of rotatable bonds is 4. The van der Waals surface area contributed by atoms with Gasteiger partial charge < -0.3 is 10.0 Å². The number of halogens is 1. The smallest absolute Gasteiger partial charge is 0.135 e. The van der Waals surface area contributed by atoms with Gasteiger partial charge in [0, 0.05) is 22.5 Å². The maximum absolute atomic E-state index is 10.4. The average Bonchev–Trinajstić information content (AvgIpc) is 3.22. The highest BCUT2D eigenvalue weighted by Gasteiger charge is 2.30. The minimum Gasteiger partial charge on any atom is -0.510 e. The molecule has 1 aliphatic rings. The monoisotopic (exact) mass is 381 g/mol. The Morgan fingerprint density at radius 1 is 1.12 bits per heavy atom. The maximum Gasteiger partial charge on any atom is 0.135 e. The summed E-state index contributed by atoms with van der Waals surface area (Å²) in [5.74, 6) is 0.506. The first-order valence-corrected chi connectivity index (χ1v) is 9.39. The first-order valence-electron chi connectivity index (χ1n) is 8.13. The number of aliphatic hydroxyl groups excluding tert-OH is 1. The van der Waals surface area contributed by atoms with E-state index < -0.39 is 0 Å². The topological polar surface area (TPSA) is 60.2 Å². The predicted octanol–water partition coefficient (Wildman–Crippen LogP) is 5.23. The van der Waals surface area contributed by atoms with Crippen molar-refractivity contribution in [2.24, 2.45) is 0 Å². The summed E-state index contributed by atoms with van der Waals surface area (Å²) in [5, 5.41) is 22.2. The molecule has 6 heteroatoms. The molecular formula is C20H16ClN3OS. The lowest BCUT2D eigenvalue weighted by atomic mass is 10.2. The zero-order chi connectivity index (χ0) is 18.1. The van der Waals surface area contributed by atoms with Crippen LogP contribution in [0.4, 0.5) is 0 Å². The summed E-state index contributed by atoms with van der Waals surface area (Å²) in [6, 6.07) is 17.4.